The lowest BCUT2D eigenvalue weighted by molar-refractivity contribution is -0.385. The van der Waals surface area contributed by atoms with Crippen LogP contribution >= 0.6 is 0 Å². The molecule has 0 aliphatic heterocycles. The van der Waals surface area contributed by atoms with Gasteiger partial charge in [-0.05, 0) is 19.4 Å². The number of phenolic OH excluding ortho intramolecular Hbond substituents is 1. The molecule has 1 atom stereocenters. The first-order valence-electron chi connectivity index (χ1n) is 5.73. The summed E-state index contributed by atoms with van der Waals surface area (Å²) in [5.41, 5.74) is -0.601. The molecule has 7 nitrogen and oxygen atoms in total. The summed E-state index contributed by atoms with van der Waals surface area (Å²) >= 11 is 0. The molecule has 1 aromatic carbocycles. The average Bonchev–Trinajstić information content (AvgIpc) is 2.36. The molecule has 0 aromatic heterocycles. The summed E-state index contributed by atoms with van der Waals surface area (Å²) in [6, 6.07) is 3.67. The number of ether oxygens (including phenoxy) is 1. The fourth-order valence-corrected chi connectivity index (χ4v) is 1.53. The number of para-hydroxylation sites is 1. The number of methoxy groups -OCH3 is 1. The van der Waals surface area contributed by atoms with Crippen LogP contribution in [0, 0.1) is 10.1 Å². The van der Waals surface area contributed by atoms with Gasteiger partial charge in [0.2, 0.25) is 5.75 Å². The number of nitrogens with zero attached hydrogens (tertiary/aromatic N) is 1. The summed E-state index contributed by atoms with van der Waals surface area (Å²) in [6.45, 7) is 2.27. The van der Waals surface area contributed by atoms with E-state index in [2.05, 4.69) is 5.32 Å². The van der Waals surface area contributed by atoms with Gasteiger partial charge in [-0.3, -0.25) is 14.9 Å². The quantitative estimate of drug-likeness (QED) is 0.600. The molecule has 19 heavy (non-hydrogen) atoms. The van der Waals surface area contributed by atoms with E-state index in [0.717, 1.165) is 6.07 Å². The zero-order valence-corrected chi connectivity index (χ0v) is 10.8. The van der Waals surface area contributed by atoms with Crippen molar-refractivity contribution in [3.05, 3.63) is 33.9 Å². The number of hydrogen-bond acceptors (Lipinski definition) is 5. The summed E-state index contributed by atoms with van der Waals surface area (Å²) in [7, 11) is 1.56. The second-order valence-corrected chi connectivity index (χ2v) is 4.09. The smallest absolute Gasteiger partial charge is 0.311 e. The molecule has 0 heterocycles. The Bertz CT molecular complexity index is 475. The molecule has 0 spiro atoms. The van der Waals surface area contributed by atoms with Crippen LogP contribution in [0.2, 0.25) is 0 Å². The maximum absolute atomic E-state index is 11.9. The average molecular weight is 268 g/mol. The molecule has 0 bridgehead atoms. The number of hydrogen-bond donors (Lipinski definition) is 2. The van der Waals surface area contributed by atoms with Crippen LogP contribution in [-0.4, -0.2) is 35.7 Å². The van der Waals surface area contributed by atoms with Gasteiger partial charge in [0.15, 0.2) is 0 Å². The molecular weight excluding hydrogens is 252 g/mol. The minimum Gasteiger partial charge on any atom is -0.502 e. The molecule has 7 heteroatoms. The monoisotopic (exact) mass is 268 g/mol. The first-order chi connectivity index (χ1) is 8.97. The number of benzene rings is 1. The highest BCUT2D eigenvalue weighted by molar-refractivity contribution is 5.98. The number of nitro groups is 1. The van der Waals surface area contributed by atoms with Crippen LogP contribution in [0.3, 0.4) is 0 Å². The number of carbonyl (C=O) groups is 1. The predicted octanol–water partition coefficient (Wildman–Crippen LogP) is 1.46. The van der Waals surface area contributed by atoms with Crippen LogP contribution in [0.4, 0.5) is 5.69 Å². The number of carbonyl (C=O) groups excluding carboxylic acids is 1. The third-order valence-corrected chi connectivity index (χ3v) is 2.59. The second-order valence-electron chi connectivity index (χ2n) is 4.09. The van der Waals surface area contributed by atoms with Gasteiger partial charge >= 0.3 is 5.69 Å². The number of phenols is 1. The van der Waals surface area contributed by atoms with Gasteiger partial charge < -0.3 is 15.2 Å². The maximum Gasteiger partial charge on any atom is 0.311 e. The van der Waals surface area contributed by atoms with Crippen molar-refractivity contribution in [2.45, 2.75) is 19.4 Å². The standard InChI is InChI=1S/C12H16N2O5/c1-8(6-7-19-2)13-12(16)9-4-3-5-10(11(9)15)14(17)18/h3-5,8,15H,6-7H2,1-2H3,(H,13,16). The van der Waals surface area contributed by atoms with E-state index in [1.807, 2.05) is 0 Å². The van der Waals surface area contributed by atoms with Gasteiger partial charge in [-0.25, -0.2) is 0 Å². The number of nitrogens with one attached hydrogen (secondary N) is 1. The van der Waals surface area contributed by atoms with Crippen LogP contribution in [-0.2, 0) is 4.74 Å². The topological polar surface area (TPSA) is 102 Å². The van der Waals surface area contributed by atoms with Gasteiger partial charge in [0.25, 0.3) is 5.91 Å². The molecule has 0 saturated carbocycles. The summed E-state index contributed by atoms with van der Waals surface area (Å²) in [4.78, 5) is 21.8. The van der Waals surface area contributed by atoms with E-state index in [4.69, 9.17) is 4.74 Å². The maximum atomic E-state index is 11.9. The van der Waals surface area contributed by atoms with Crippen molar-refractivity contribution in [2.24, 2.45) is 0 Å². The van der Waals surface area contributed by atoms with Gasteiger partial charge in [0, 0.05) is 25.8 Å². The van der Waals surface area contributed by atoms with E-state index >= 15 is 0 Å². The lowest BCUT2D eigenvalue weighted by Gasteiger charge is -2.13. The minimum atomic E-state index is -0.736. The van der Waals surface area contributed by atoms with E-state index in [0.29, 0.717) is 13.0 Å². The molecule has 0 aliphatic carbocycles. The molecule has 1 amide bonds. The SMILES string of the molecule is COCCC(C)NC(=O)c1cccc([N+](=O)[O-])c1O. The molecule has 1 aromatic rings. The Balaban J connectivity index is 2.83. The Labute approximate surface area is 110 Å². The largest absolute Gasteiger partial charge is 0.502 e. The van der Waals surface area contributed by atoms with Crippen molar-refractivity contribution >= 4 is 11.6 Å². The van der Waals surface area contributed by atoms with Gasteiger partial charge in [0.1, 0.15) is 0 Å². The normalized spacial score (nSPS) is 11.9. The van der Waals surface area contributed by atoms with Crippen LogP contribution in [0.25, 0.3) is 0 Å². The fourth-order valence-electron chi connectivity index (χ4n) is 1.53. The Morgan fingerprint density at radius 2 is 2.26 bits per heavy atom. The summed E-state index contributed by atoms with van der Waals surface area (Å²) in [6.07, 6.45) is 0.609. The first kappa shape index (κ1) is 14.9. The highest BCUT2D eigenvalue weighted by Crippen LogP contribution is 2.29. The molecule has 0 aliphatic rings. The highest BCUT2D eigenvalue weighted by Gasteiger charge is 2.21. The molecule has 2 N–H and O–H groups in total. The molecule has 1 unspecified atom stereocenters. The molecular formula is C12H16N2O5. The number of aromatic hydroxyl groups is 1. The van der Waals surface area contributed by atoms with E-state index in [1.165, 1.54) is 12.1 Å². The summed E-state index contributed by atoms with van der Waals surface area (Å²) in [5, 5.41) is 23.0. The summed E-state index contributed by atoms with van der Waals surface area (Å²) < 4.78 is 4.88. The predicted molar refractivity (Wildman–Crippen MR) is 68.2 cm³/mol. The first-order valence-corrected chi connectivity index (χ1v) is 5.73. The third-order valence-electron chi connectivity index (χ3n) is 2.59. The molecule has 0 radical (unpaired) electrons. The molecule has 0 saturated heterocycles. The van der Waals surface area contributed by atoms with Crippen molar-refractivity contribution in [1.82, 2.24) is 5.32 Å². The Kier molecular flexibility index (Phi) is 5.25. The molecule has 0 fully saturated rings. The van der Waals surface area contributed by atoms with Gasteiger partial charge in [0.05, 0.1) is 10.5 Å². The fraction of sp³-hybridized carbons (Fsp3) is 0.417. The van der Waals surface area contributed by atoms with Crippen molar-refractivity contribution in [3.63, 3.8) is 0 Å². The molecule has 1 rings (SSSR count). The van der Waals surface area contributed by atoms with Crippen molar-refractivity contribution in [3.8, 4) is 5.75 Å². The van der Waals surface area contributed by atoms with Gasteiger partial charge in [-0.2, -0.15) is 0 Å². The van der Waals surface area contributed by atoms with Crippen molar-refractivity contribution in [1.29, 1.82) is 0 Å². The number of nitro benzene ring substituents is 1. The molecule has 104 valence electrons. The van der Waals surface area contributed by atoms with E-state index in [1.54, 1.807) is 14.0 Å². The Morgan fingerprint density at radius 1 is 1.58 bits per heavy atom. The van der Waals surface area contributed by atoms with Gasteiger partial charge in [-0.1, -0.05) is 6.07 Å². The Hall–Kier alpha value is -2.15. The summed E-state index contributed by atoms with van der Waals surface area (Å²) in [5.74, 6) is -1.17. The van der Waals surface area contributed by atoms with E-state index in [-0.39, 0.29) is 11.6 Å². The van der Waals surface area contributed by atoms with Crippen LogP contribution in [0.5, 0.6) is 5.75 Å². The van der Waals surface area contributed by atoms with E-state index in [9.17, 15) is 20.0 Å². The zero-order valence-electron chi connectivity index (χ0n) is 10.8. The third kappa shape index (κ3) is 3.92. The zero-order chi connectivity index (χ0) is 14.4. The second kappa shape index (κ2) is 6.69. The van der Waals surface area contributed by atoms with E-state index < -0.39 is 22.3 Å². The van der Waals surface area contributed by atoms with Crippen LogP contribution < -0.4 is 5.32 Å². The lowest BCUT2D eigenvalue weighted by atomic mass is 10.1. The van der Waals surface area contributed by atoms with Crippen molar-refractivity contribution < 1.29 is 19.6 Å². The Morgan fingerprint density at radius 3 is 2.84 bits per heavy atom. The van der Waals surface area contributed by atoms with Crippen molar-refractivity contribution in [2.75, 3.05) is 13.7 Å². The number of rotatable bonds is 6. The van der Waals surface area contributed by atoms with Crippen LogP contribution in [0.15, 0.2) is 18.2 Å². The highest BCUT2D eigenvalue weighted by atomic mass is 16.6. The lowest BCUT2D eigenvalue weighted by Crippen LogP contribution is -2.33. The number of amides is 1. The van der Waals surface area contributed by atoms with Gasteiger partial charge in [-0.15, -0.1) is 0 Å². The van der Waals surface area contributed by atoms with Crippen LogP contribution in [0.1, 0.15) is 23.7 Å². The minimum absolute atomic E-state index is 0.113.